The third kappa shape index (κ3) is 4.43. The summed E-state index contributed by atoms with van der Waals surface area (Å²) < 4.78 is 0. The zero-order valence-corrected chi connectivity index (χ0v) is 28.1. The summed E-state index contributed by atoms with van der Waals surface area (Å²) in [5.41, 5.74) is 12.3. The molecule has 0 unspecified atom stereocenters. The van der Waals surface area contributed by atoms with E-state index in [0.29, 0.717) is 0 Å². The van der Waals surface area contributed by atoms with E-state index in [-0.39, 0.29) is 0 Å². The summed E-state index contributed by atoms with van der Waals surface area (Å²) in [4.78, 5) is 14.3. The molecule has 0 aliphatic carbocycles. The molecule has 0 radical (unpaired) electrons. The van der Waals surface area contributed by atoms with E-state index in [1.54, 1.807) is 0 Å². The number of fused-ring (bicyclic) bond motifs is 3. The third-order valence-electron chi connectivity index (χ3n) is 10.7. The molecule has 3 nitrogen and oxygen atoms in total. The summed E-state index contributed by atoms with van der Waals surface area (Å²) >= 11 is 0. The highest BCUT2D eigenvalue weighted by Gasteiger charge is 2.18. The molecule has 3 heterocycles. The van der Waals surface area contributed by atoms with Gasteiger partial charge in [0, 0.05) is 45.9 Å². The third-order valence-corrected chi connectivity index (χ3v) is 10.7. The average Bonchev–Trinajstić information content (AvgIpc) is 3.22. The summed E-state index contributed by atoms with van der Waals surface area (Å²) in [6.07, 6.45) is 5.62. The number of rotatable bonds is 4. The van der Waals surface area contributed by atoms with Crippen LogP contribution in [0.1, 0.15) is 0 Å². The Bertz CT molecular complexity index is 3090. The average molecular weight is 660 g/mol. The fourth-order valence-corrected chi connectivity index (χ4v) is 8.32. The van der Waals surface area contributed by atoms with Crippen LogP contribution in [0.2, 0.25) is 0 Å². The highest BCUT2D eigenvalue weighted by Crippen LogP contribution is 2.44. The first-order valence-electron chi connectivity index (χ1n) is 17.7. The van der Waals surface area contributed by atoms with Gasteiger partial charge >= 0.3 is 0 Å². The molecule has 0 spiro atoms. The van der Waals surface area contributed by atoms with Gasteiger partial charge in [-0.25, -0.2) is 0 Å². The zero-order chi connectivity index (χ0) is 34.2. The Morgan fingerprint density at radius 3 is 1.37 bits per heavy atom. The van der Waals surface area contributed by atoms with Crippen LogP contribution in [0.5, 0.6) is 0 Å². The molecule has 8 aromatic carbocycles. The fourth-order valence-electron chi connectivity index (χ4n) is 8.32. The van der Waals surface area contributed by atoms with Crippen molar-refractivity contribution in [2.75, 3.05) is 0 Å². The van der Waals surface area contributed by atoms with Crippen LogP contribution in [0, 0.1) is 0 Å². The summed E-state index contributed by atoms with van der Waals surface area (Å²) in [6, 6.07) is 57.2. The molecule has 11 aromatic rings. The molecule has 0 bridgehead atoms. The van der Waals surface area contributed by atoms with Gasteiger partial charge in [0.15, 0.2) is 0 Å². The van der Waals surface area contributed by atoms with E-state index in [0.717, 1.165) is 60.5 Å². The molecule has 3 aromatic heterocycles. The Morgan fingerprint density at radius 1 is 0.288 bits per heavy atom. The van der Waals surface area contributed by atoms with Gasteiger partial charge in [0.05, 0.1) is 16.6 Å². The van der Waals surface area contributed by atoms with Gasteiger partial charge in [0.2, 0.25) is 0 Å². The lowest BCUT2D eigenvalue weighted by Gasteiger charge is -2.18. The second-order valence-corrected chi connectivity index (χ2v) is 13.6. The summed E-state index contributed by atoms with van der Waals surface area (Å²) in [6.45, 7) is 0. The number of hydrogen-bond acceptors (Lipinski definition) is 3. The lowest BCUT2D eigenvalue weighted by Crippen LogP contribution is -1.92. The molecule has 0 amide bonds. The van der Waals surface area contributed by atoms with Gasteiger partial charge in [-0.15, -0.1) is 0 Å². The first-order chi connectivity index (χ1) is 25.8. The Morgan fingerprint density at radius 2 is 0.769 bits per heavy atom. The van der Waals surface area contributed by atoms with Crippen molar-refractivity contribution in [3.63, 3.8) is 0 Å². The molecular formula is C49H29N3. The molecule has 0 saturated heterocycles. The molecule has 0 fully saturated rings. The standard InChI is InChI=1S/C49H29N3/c1-6-32-8-3-24-51-48(32)41(11-1)37-27-36(28-38(29-37)42-12-2-7-33-9-4-25-52-49(33)42)40-19-14-31-15-20-43-39(18-13-30-16-21-44(40)47(31)46(30)43)34-17-22-45-35(26-34)10-5-23-50-45/h1-29H. The Labute approximate surface area is 299 Å². The number of aromatic nitrogens is 3. The van der Waals surface area contributed by atoms with E-state index in [1.807, 2.05) is 36.8 Å². The second-order valence-electron chi connectivity index (χ2n) is 13.6. The Hall–Kier alpha value is -6.97. The van der Waals surface area contributed by atoms with Gasteiger partial charge in [-0.2, -0.15) is 0 Å². The van der Waals surface area contributed by atoms with Crippen molar-refractivity contribution in [1.82, 2.24) is 15.0 Å². The molecule has 0 N–H and O–H groups in total. The van der Waals surface area contributed by atoms with Gasteiger partial charge in [-0.3, -0.25) is 15.0 Å². The number of pyridine rings is 3. The SMILES string of the molecule is c1cnc2ccc(-c3ccc4ccc5c(-c6cc(-c7cccc8cccnc78)cc(-c7cccc8cccnc78)c6)ccc6ccc3c4c65)cc2c1. The van der Waals surface area contributed by atoms with Crippen LogP contribution in [0.25, 0.3) is 110 Å². The van der Waals surface area contributed by atoms with Gasteiger partial charge < -0.3 is 0 Å². The minimum Gasteiger partial charge on any atom is -0.256 e. The quantitative estimate of drug-likeness (QED) is 0.177. The van der Waals surface area contributed by atoms with Gasteiger partial charge in [-0.05, 0) is 114 Å². The molecule has 0 aliphatic heterocycles. The van der Waals surface area contributed by atoms with Crippen LogP contribution >= 0.6 is 0 Å². The van der Waals surface area contributed by atoms with E-state index >= 15 is 0 Å². The van der Waals surface area contributed by atoms with E-state index < -0.39 is 0 Å². The number of para-hydroxylation sites is 2. The fraction of sp³-hybridized carbons (Fsp3) is 0. The summed E-state index contributed by atoms with van der Waals surface area (Å²) in [5.74, 6) is 0. The number of hydrogen-bond donors (Lipinski definition) is 0. The minimum atomic E-state index is 0.997. The molecule has 3 heteroatoms. The second kappa shape index (κ2) is 11.3. The van der Waals surface area contributed by atoms with E-state index in [9.17, 15) is 0 Å². The van der Waals surface area contributed by atoms with E-state index in [2.05, 4.69) is 145 Å². The van der Waals surface area contributed by atoms with Crippen LogP contribution in [-0.4, -0.2) is 15.0 Å². The van der Waals surface area contributed by atoms with Crippen molar-refractivity contribution in [1.29, 1.82) is 0 Å². The number of benzene rings is 8. The Kier molecular flexibility index (Phi) is 6.25. The molecule has 52 heavy (non-hydrogen) atoms. The van der Waals surface area contributed by atoms with Gasteiger partial charge in [-0.1, -0.05) is 109 Å². The van der Waals surface area contributed by atoms with Crippen LogP contribution < -0.4 is 0 Å². The van der Waals surface area contributed by atoms with Gasteiger partial charge in [0.1, 0.15) is 0 Å². The predicted molar refractivity (Wildman–Crippen MR) is 218 cm³/mol. The van der Waals surface area contributed by atoms with Crippen LogP contribution in [0.3, 0.4) is 0 Å². The molecular weight excluding hydrogens is 631 g/mol. The molecule has 240 valence electrons. The molecule has 0 saturated carbocycles. The highest BCUT2D eigenvalue weighted by molar-refractivity contribution is 6.27. The largest absolute Gasteiger partial charge is 0.256 e. The Balaban J connectivity index is 1.18. The van der Waals surface area contributed by atoms with E-state index in [4.69, 9.17) is 9.97 Å². The van der Waals surface area contributed by atoms with Crippen LogP contribution in [0.15, 0.2) is 176 Å². The predicted octanol–water partition coefficient (Wildman–Crippen LogP) is 12.9. The maximum atomic E-state index is 4.85. The lowest BCUT2D eigenvalue weighted by molar-refractivity contribution is 1.41. The zero-order valence-electron chi connectivity index (χ0n) is 28.1. The first kappa shape index (κ1) is 28.8. The van der Waals surface area contributed by atoms with Crippen molar-refractivity contribution < 1.29 is 0 Å². The van der Waals surface area contributed by atoms with Crippen molar-refractivity contribution in [3.8, 4) is 44.5 Å². The number of nitrogens with zero attached hydrogens (tertiary/aromatic N) is 3. The molecule has 0 aliphatic rings. The first-order valence-corrected chi connectivity index (χ1v) is 17.7. The summed E-state index contributed by atoms with van der Waals surface area (Å²) in [7, 11) is 0. The minimum absolute atomic E-state index is 0.997. The van der Waals surface area contributed by atoms with Crippen molar-refractivity contribution in [3.05, 3.63) is 176 Å². The van der Waals surface area contributed by atoms with Crippen molar-refractivity contribution in [2.24, 2.45) is 0 Å². The maximum absolute atomic E-state index is 4.85. The smallest absolute Gasteiger partial charge is 0.0780 e. The van der Waals surface area contributed by atoms with Crippen LogP contribution in [-0.2, 0) is 0 Å². The summed E-state index contributed by atoms with van der Waals surface area (Å²) in [5, 5.41) is 11.0. The van der Waals surface area contributed by atoms with Gasteiger partial charge in [0.25, 0.3) is 0 Å². The van der Waals surface area contributed by atoms with Crippen LogP contribution in [0.4, 0.5) is 0 Å². The molecule has 11 rings (SSSR count). The van der Waals surface area contributed by atoms with Crippen molar-refractivity contribution in [2.45, 2.75) is 0 Å². The normalized spacial score (nSPS) is 11.8. The van der Waals surface area contributed by atoms with Crippen molar-refractivity contribution >= 4 is 65.0 Å². The highest BCUT2D eigenvalue weighted by atomic mass is 14.7. The van der Waals surface area contributed by atoms with E-state index in [1.165, 1.54) is 49.0 Å². The maximum Gasteiger partial charge on any atom is 0.0780 e. The lowest BCUT2D eigenvalue weighted by atomic mass is 9.86. The molecule has 0 atom stereocenters. The monoisotopic (exact) mass is 659 g/mol. The topological polar surface area (TPSA) is 38.7 Å².